The lowest BCUT2D eigenvalue weighted by molar-refractivity contribution is 0.0661. The molecule has 2 aliphatic rings. The summed E-state index contributed by atoms with van der Waals surface area (Å²) in [5.41, 5.74) is -0.361. The van der Waals surface area contributed by atoms with Crippen molar-refractivity contribution in [3.05, 3.63) is 42.1 Å². The number of hydrogen-bond donors (Lipinski definition) is 1. The number of anilines is 1. The molecule has 1 atom stereocenters. The molecule has 1 amide bonds. The monoisotopic (exact) mass is 500 g/mol. The van der Waals surface area contributed by atoms with Crippen molar-refractivity contribution in [2.75, 3.05) is 11.4 Å². The third-order valence-electron chi connectivity index (χ3n) is 7.69. The fourth-order valence-electron chi connectivity index (χ4n) is 5.06. The topological polar surface area (TPSA) is 101 Å². The van der Waals surface area contributed by atoms with E-state index in [0.29, 0.717) is 11.7 Å². The van der Waals surface area contributed by atoms with Gasteiger partial charge in [0.05, 0.1) is 5.56 Å². The molecule has 8 nitrogen and oxygen atoms in total. The lowest BCUT2D eigenvalue weighted by Gasteiger charge is -2.36. The number of sulfonamides is 1. The summed E-state index contributed by atoms with van der Waals surface area (Å²) >= 11 is 0. The molecule has 1 saturated carbocycles. The highest BCUT2D eigenvalue weighted by atomic mass is 32.2. The van der Waals surface area contributed by atoms with Crippen LogP contribution in [0.1, 0.15) is 83.0 Å². The summed E-state index contributed by atoms with van der Waals surface area (Å²) in [5.74, 6) is 0.416. The molecule has 35 heavy (non-hydrogen) atoms. The van der Waals surface area contributed by atoms with Crippen LogP contribution < -0.4 is 14.4 Å². The summed E-state index contributed by atoms with van der Waals surface area (Å²) in [6.07, 6.45) is 8.90. The molecule has 1 N–H and O–H groups in total. The zero-order valence-corrected chi connectivity index (χ0v) is 21.9. The van der Waals surface area contributed by atoms with E-state index < -0.39 is 15.9 Å². The van der Waals surface area contributed by atoms with Gasteiger partial charge in [-0.1, -0.05) is 25.8 Å². The maximum Gasteiger partial charge on any atom is 0.281 e. The number of amides is 1. The Morgan fingerprint density at radius 1 is 1.09 bits per heavy atom. The minimum Gasteiger partial charge on any atom is -0.471 e. The van der Waals surface area contributed by atoms with Gasteiger partial charge in [0.1, 0.15) is 11.4 Å². The van der Waals surface area contributed by atoms with Crippen molar-refractivity contribution in [1.29, 1.82) is 0 Å². The summed E-state index contributed by atoms with van der Waals surface area (Å²) < 4.78 is 34.6. The molecule has 0 aromatic carbocycles. The Hall–Kier alpha value is -2.68. The number of rotatable bonds is 6. The fourth-order valence-corrected chi connectivity index (χ4v) is 5.99. The van der Waals surface area contributed by atoms with Gasteiger partial charge in [0, 0.05) is 24.3 Å². The number of carbonyl (C=O) groups is 1. The van der Waals surface area contributed by atoms with Gasteiger partial charge in [-0.25, -0.2) is 9.71 Å². The van der Waals surface area contributed by atoms with Crippen LogP contribution in [0.15, 0.2) is 41.6 Å². The van der Waals surface area contributed by atoms with Crippen LogP contribution in [0.2, 0.25) is 0 Å². The van der Waals surface area contributed by atoms with E-state index in [4.69, 9.17) is 4.74 Å². The van der Waals surface area contributed by atoms with E-state index in [-0.39, 0.29) is 27.6 Å². The summed E-state index contributed by atoms with van der Waals surface area (Å²) in [6, 6.07) is 7.86. The maximum atomic E-state index is 13.2. The van der Waals surface area contributed by atoms with Crippen molar-refractivity contribution in [1.82, 2.24) is 14.7 Å². The van der Waals surface area contributed by atoms with Crippen molar-refractivity contribution in [3.8, 4) is 5.88 Å². The van der Waals surface area contributed by atoms with Gasteiger partial charge in [0.2, 0.25) is 5.88 Å². The van der Waals surface area contributed by atoms with Gasteiger partial charge >= 0.3 is 0 Å². The Kier molecular flexibility index (Phi) is 7.09. The zero-order valence-electron chi connectivity index (χ0n) is 21.1. The summed E-state index contributed by atoms with van der Waals surface area (Å²) in [7, 11) is -4.21. The smallest absolute Gasteiger partial charge is 0.281 e. The quantitative estimate of drug-likeness (QED) is 0.573. The first-order chi connectivity index (χ1) is 16.5. The van der Waals surface area contributed by atoms with Gasteiger partial charge in [-0.15, -0.1) is 0 Å². The Morgan fingerprint density at radius 3 is 2.46 bits per heavy atom. The Bertz CT molecular complexity index is 1170. The molecule has 2 fully saturated rings. The first kappa shape index (κ1) is 25.4. The highest BCUT2D eigenvalue weighted by molar-refractivity contribution is 7.90. The van der Waals surface area contributed by atoms with E-state index in [1.165, 1.54) is 18.9 Å². The number of ether oxygens (including phenoxy) is 1. The molecule has 1 unspecified atom stereocenters. The fraction of sp³-hybridized carbons (Fsp3) is 0.577. The minimum atomic E-state index is -4.21. The number of aromatic nitrogens is 2. The van der Waals surface area contributed by atoms with Crippen molar-refractivity contribution in [2.24, 2.45) is 5.92 Å². The number of pyridine rings is 2. The standard InChI is InChI=1S/C26H36N4O4S/c1-19-14-18-30(25(19,2)3)23-20(11-10-17-27-23)24(31)29-35(32,33)22-13-9-12-21(28-22)34-26(4)15-7-5-6-8-16-26/h9-13,17,19H,5-8,14-16,18H2,1-4H3,(H,29,31). The Morgan fingerprint density at radius 2 is 1.80 bits per heavy atom. The first-order valence-electron chi connectivity index (χ1n) is 12.5. The van der Waals surface area contributed by atoms with E-state index in [0.717, 1.165) is 38.6 Å². The molecule has 3 heterocycles. The third kappa shape index (κ3) is 5.44. The van der Waals surface area contributed by atoms with Crippen molar-refractivity contribution >= 4 is 21.7 Å². The summed E-state index contributed by atoms with van der Waals surface area (Å²) in [4.78, 5) is 23.9. The number of hydrogen-bond acceptors (Lipinski definition) is 7. The van der Waals surface area contributed by atoms with Gasteiger partial charge < -0.3 is 9.64 Å². The average Bonchev–Trinajstić information content (AvgIpc) is 2.95. The molecule has 4 rings (SSSR count). The van der Waals surface area contributed by atoms with Crippen LogP contribution in [0, 0.1) is 5.92 Å². The molecule has 2 aromatic heterocycles. The lowest BCUT2D eigenvalue weighted by atomic mass is 9.90. The second kappa shape index (κ2) is 9.76. The molecule has 2 aromatic rings. The SMILES string of the molecule is CC1CCN(c2ncccc2C(=O)NS(=O)(=O)c2cccc(OC3(C)CCCCCC3)n2)C1(C)C. The molecule has 0 radical (unpaired) electrons. The van der Waals surface area contributed by atoms with Crippen LogP contribution in [0.5, 0.6) is 5.88 Å². The summed E-state index contributed by atoms with van der Waals surface area (Å²) in [6.45, 7) is 9.19. The predicted molar refractivity (Wildman–Crippen MR) is 135 cm³/mol. The lowest BCUT2D eigenvalue weighted by Crippen LogP contribution is -2.43. The summed E-state index contributed by atoms with van der Waals surface area (Å²) in [5, 5.41) is -0.249. The van der Waals surface area contributed by atoms with Gasteiger partial charge in [-0.2, -0.15) is 13.4 Å². The molecule has 1 saturated heterocycles. The molecule has 0 spiro atoms. The van der Waals surface area contributed by atoms with Crippen LogP contribution in [0.25, 0.3) is 0 Å². The molecule has 1 aliphatic carbocycles. The van der Waals surface area contributed by atoms with Crippen molar-refractivity contribution in [3.63, 3.8) is 0 Å². The largest absolute Gasteiger partial charge is 0.471 e. The molecule has 9 heteroatoms. The van der Waals surface area contributed by atoms with E-state index in [9.17, 15) is 13.2 Å². The van der Waals surface area contributed by atoms with Gasteiger partial charge in [0.15, 0.2) is 5.03 Å². The molecular weight excluding hydrogens is 464 g/mol. The van der Waals surface area contributed by atoms with Crippen LogP contribution in [-0.2, 0) is 10.0 Å². The maximum absolute atomic E-state index is 13.2. The highest BCUT2D eigenvalue weighted by Crippen LogP contribution is 2.38. The van der Waals surface area contributed by atoms with Crippen molar-refractivity contribution < 1.29 is 17.9 Å². The van der Waals surface area contributed by atoms with Gasteiger partial charge in [-0.05, 0) is 77.0 Å². The van der Waals surface area contributed by atoms with E-state index >= 15 is 0 Å². The number of carbonyl (C=O) groups excluding carboxylic acids is 1. The molecule has 1 aliphatic heterocycles. The first-order valence-corrected chi connectivity index (χ1v) is 14.0. The second-order valence-electron chi connectivity index (χ2n) is 10.6. The number of nitrogens with zero attached hydrogens (tertiary/aromatic N) is 3. The van der Waals surface area contributed by atoms with Crippen LogP contribution >= 0.6 is 0 Å². The van der Waals surface area contributed by atoms with Gasteiger partial charge in [0.25, 0.3) is 15.9 Å². The van der Waals surface area contributed by atoms with E-state index in [2.05, 4.69) is 40.4 Å². The minimum absolute atomic E-state index is 0.205. The second-order valence-corrected chi connectivity index (χ2v) is 12.2. The molecule has 0 bridgehead atoms. The van der Waals surface area contributed by atoms with E-state index in [1.54, 1.807) is 30.5 Å². The Balaban J connectivity index is 1.55. The van der Waals surface area contributed by atoms with Crippen LogP contribution in [-0.4, -0.2) is 42.0 Å². The average molecular weight is 501 g/mol. The normalized spacial score (nSPS) is 21.8. The third-order valence-corrected chi connectivity index (χ3v) is 8.92. The van der Waals surface area contributed by atoms with Gasteiger partial charge in [-0.3, -0.25) is 4.79 Å². The van der Waals surface area contributed by atoms with Crippen molar-refractivity contribution in [2.45, 2.75) is 88.8 Å². The van der Waals surface area contributed by atoms with E-state index in [1.807, 2.05) is 6.92 Å². The predicted octanol–water partition coefficient (Wildman–Crippen LogP) is 4.71. The number of nitrogens with one attached hydrogen (secondary N) is 1. The van der Waals surface area contributed by atoms with Crippen LogP contribution in [0.3, 0.4) is 0 Å². The molecular formula is C26H36N4O4S. The zero-order chi connectivity index (χ0) is 25.3. The molecule has 190 valence electrons. The highest BCUT2D eigenvalue weighted by Gasteiger charge is 2.40. The van der Waals surface area contributed by atoms with Crippen LogP contribution in [0.4, 0.5) is 5.82 Å². The Labute approximate surface area is 208 Å².